The number of aromatic nitrogens is 2. The van der Waals surface area contributed by atoms with Gasteiger partial charge < -0.3 is 4.57 Å². The summed E-state index contributed by atoms with van der Waals surface area (Å²) in [6, 6.07) is 0. The molecule has 0 aliphatic rings. The Hall–Kier alpha value is -0.790. The molecule has 0 saturated carbocycles. The molecule has 2 heteroatoms. The van der Waals surface area contributed by atoms with E-state index in [0.29, 0.717) is 11.3 Å². The van der Waals surface area contributed by atoms with E-state index in [1.807, 2.05) is 18.7 Å². The smallest absolute Gasteiger partial charge is 0.0945 e. The summed E-state index contributed by atoms with van der Waals surface area (Å²) in [7, 11) is 0. The van der Waals surface area contributed by atoms with Crippen LogP contribution in [0, 0.1) is 11.3 Å². The van der Waals surface area contributed by atoms with Crippen LogP contribution >= 0.6 is 0 Å². The van der Waals surface area contributed by atoms with Crippen LogP contribution in [-0.4, -0.2) is 9.55 Å². The first-order chi connectivity index (χ1) is 6.29. The molecule has 0 aliphatic heterocycles. The van der Waals surface area contributed by atoms with E-state index in [1.165, 1.54) is 0 Å². The Morgan fingerprint density at radius 2 is 1.71 bits per heavy atom. The first-order valence-electron chi connectivity index (χ1n) is 5.25. The lowest BCUT2D eigenvalue weighted by Gasteiger charge is -2.05. The number of nitrogens with zero attached hydrogens (tertiary/aromatic N) is 2. The second kappa shape index (κ2) is 5.84. The van der Waals surface area contributed by atoms with Crippen LogP contribution in [0.25, 0.3) is 0 Å². The van der Waals surface area contributed by atoms with Crippen LogP contribution in [0.2, 0.25) is 0 Å². The van der Waals surface area contributed by atoms with Crippen LogP contribution < -0.4 is 0 Å². The molecular formula is C12H24N2. The summed E-state index contributed by atoms with van der Waals surface area (Å²) in [6.07, 6.45) is 5.64. The molecule has 0 aliphatic carbocycles. The molecule has 0 atom stereocenters. The quantitative estimate of drug-likeness (QED) is 0.706. The van der Waals surface area contributed by atoms with Crippen LogP contribution in [-0.2, 0) is 6.54 Å². The van der Waals surface area contributed by atoms with E-state index in [1.54, 1.807) is 0 Å². The molecule has 0 spiro atoms. The van der Waals surface area contributed by atoms with Gasteiger partial charge in [0.25, 0.3) is 0 Å². The molecule has 1 heterocycles. The molecule has 2 nitrogen and oxygen atoms in total. The fourth-order valence-electron chi connectivity index (χ4n) is 0.816. The average Bonchev–Trinajstić information content (AvgIpc) is 2.33. The molecule has 0 bridgehead atoms. The van der Waals surface area contributed by atoms with Crippen LogP contribution in [0.1, 0.15) is 41.5 Å². The maximum absolute atomic E-state index is 3.94. The van der Waals surface area contributed by atoms with E-state index in [4.69, 9.17) is 0 Å². The number of hydrogen-bond acceptors (Lipinski definition) is 1. The standard InChI is InChI=1S/C7H12N2.C5H12/c1-7(2)5-9-4-3-8-6-9;1-5(2,3)4/h3-4,6-7H,5H2,1-2H3;1-4H3. The molecule has 82 valence electrons. The molecule has 1 rings (SSSR count). The first kappa shape index (κ1) is 13.2. The maximum Gasteiger partial charge on any atom is 0.0945 e. The normalized spacial score (nSPS) is 11.1. The van der Waals surface area contributed by atoms with E-state index in [0.717, 1.165) is 6.54 Å². The van der Waals surface area contributed by atoms with E-state index < -0.39 is 0 Å². The molecule has 0 aromatic carbocycles. The van der Waals surface area contributed by atoms with Crippen molar-refractivity contribution >= 4 is 0 Å². The van der Waals surface area contributed by atoms with Crippen LogP contribution in [0.4, 0.5) is 0 Å². The van der Waals surface area contributed by atoms with Gasteiger partial charge in [0.05, 0.1) is 6.33 Å². The second-order valence-electron chi connectivity index (χ2n) is 5.65. The predicted molar refractivity (Wildman–Crippen MR) is 62.2 cm³/mol. The van der Waals surface area contributed by atoms with Crippen LogP contribution in [0.15, 0.2) is 18.7 Å². The minimum atomic E-state index is 0.500. The number of hydrogen-bond donors (Lipinski definition) is 0. The van der Waals surface area contributed by atoms with Gasteiger partial charge in [0.15, 0.2) is 0 Å². The highest BCUT2D eigenvalue weighted by atomic mass is 15.0. The zero-order valence-corrected chi connectivity index (χ0v) is 10.4. The van der Waals surface area contributed by atoms with Gasteiger partial charge in [-0.15, -0.1) is 0 Å². The minimum Gasteiger partial charge on any atom is -0.337 e. The monoisotopic (exact) mass is 196 g/mol. The second-order valence-corrected chi connectivity index (χ2v) is 5.65. The van der Waals surface area contributed by atoms with Gasteiger partial charge in [0.2, 0.25) is 0 Å². The fourth-order valence-corrected chi connectivity index (χ4v) is 0.816. The predicted octanol–water partition coefficient (Wildman–Crippen LogP) is 3.59. The number of rotatable bonds is 2. The van der Waals surface area contributed by atoms with Crippen molar-refractivity contribution < 1.29 is 0 Å². The summed E-state index contributed by atoms with van der Waals surface area (Å²) in [5.41, 5.74) is 0.500. The Balaban J connectivity index is 0.000000292. The Morgan fingerprint density at radius 1 is 1.21 bits per heavy atom. The molecule has 1 aromatic heterocycles. The highest BCUT2D eigenvalue weighted by Gasteiger charge is 1.95. The lowest BCUT2D eigenvalue weighted by Crippen LogP contribution is -2.00. The van der Waals surface area contributed by atoms with Gasteiger partial charge in [-0.3, -0.25) is 0 Å². The van der Waals surface area contributed by atoms with Crippen LogP contribution in [0.5, 0.6) is 0 Å². The van der Waals surface area contributed by atoms with E-state index in [2.05, 4.69) is 51.1 Å². The topological polar surface area (TPSA) is 17.8 Å². The molecule has 0 fully saturated rings. The molecule has 0 N–H and O–H groups in total. The lowest BCUT2D eigenvalue weighted by molar-refractivity contribution is 0.469. The van der Waals surface area contributed by atoms with Gasteiger partial charge in [-0.25, -0.2) is 4.98 Å². The highest BCUT2D eigenvalue weighted by Crippen LogP contribution is 2.08. The summed E-state index contributed by atoms with van der Waals surface area (Å²) in [4.78, 5) is 3.94. The zero-order valence-electron chi connectivity index (χ0n) is 10.4. The summed E-state index contributed by atoms with van der Waals surface area (Å²) >= 11 is 0. The zero-order chi connectivity index (χ0) is 11.2. The van der Waals surface area contributed by atoms with Crippen molar-refractivity contribution in [3.8, 4) is 0 Å². The third kappa shape index (κ3) is 11.2. The minimum absolute atomic E-state index is 0.500. The largest absolute Gasteiger partial charge is 0.337 e. The van der Waals surface area contributed by atoms with Gasteiger partial charge >= 0.3 is 0 Å². The molecule has 0 radical (unpaired) electrons. The van der Waals surface area contributed by atoms with Crippen LogP contribution in [0.3, 0.4) is 0 Å². The first-order valence-corrected chi connectivity index (χ1v) is 5.25. The Morgan fingerprint density at radius 3 is 2.00 bits per heavy atom. The van der Waals surface area contributed by atoms with Crippen molar-refractivity contribution in [2.75, 3.05) is 0 Å². The number of imidazole rings is 1. The molecule has 0 saturated heterocycles. The Labute approximate surface area is 88.4 Å². The molecule has 14 heavy (non-hydrogen) atoms. The van der Waals surface area contributed by atoms with Crippen molar-refractivity contribution in [2.24, 2.45) is 11.3 Å². The molecular weight excluding hydrogens is 172 g/mol. The molecule has 1 aromatic rings. The molecule has 0 amide bonds. The van der Waals surface area contributed by atoms with Gasteiger partial charge in [-0.1, -0.05) is 41.5 Å². The van der Waals surface area contributed by atoms with Gasteiger partial charge in [0, 0.05) is 18.9 Å². The SMILES string of the molecule is CC(C)(C)C.CC(C)Cn1ccnc1. The van der Waals surface area contributed by atoms with Crippen molar-refractivity contribution in [2.45, 2.75) is 48.1 Å². The lowest BCUT2D eigenvalue weighted by atomic mass is 10.0. The summed E-state index contributed by atoms with van der Waals surface area (Å²) in [5.74, 6) is 0.708. The summed E-state index contributed by atoms with van der Waals surface area (Å²) < 4.78 is 2.09. The average molecular weight is 196 g/mol. The van der Waals surface area contributed by atoms with Crippen molar-refractivity contribution in [1.82, 2.24) is 9.55 Å². The van der Waals surface area contributed by atoms with E-state index >= 15 is 0 Å². The van der Waals surface area contributed by atoms with Gasteiger partial charge in [-0.05, 0) is 11.3 Å². The Kier molecular flexibility index (Phi) is 5.51. The van der Waals surface area contributed by atoms with E-state index in [9.17, 15) is 0 Å². The third-order valence-electron chi connectivity index (χ3n) is 1.14. The Bertz CT molecular complexity index is 211. The highest BCUT2D eigenvalue weighted by molar-refractivity contribution is 4.74. The van der Waals surface area contributed by atoms with Gasteiger partial charge in [0.1, 0.15) is 0 Å². The van der Waals surface area contributed by atoms with Crippen molar-refractivity contribution in [3.05, 3.63) is 18.7 Å². The van der Waals surface area contributed by atoms with Gasteiger partial charge in [-0.2, -0.15) is 0 Å². The van der Waals surface area contributed by atoms with E-state index in [-0.39, 0.29) is 0 Å². The maximum atomic E-state index is 3.94. The van der Waals surface area contributed by atoms with Crippen molar-refractivity contribution in [3.63, 3.8) is 0 Å². The fraction of sp³-hybridized carbons (Fsp3) is 0.750. The molecule has 0 unspecified atom stereocenters. The van der Waals surface area contributed by atoms with Crippen molar-refractivity contribution in [1.29, 1.82) is 0 Å². The summed E-state index contributed by atoms with van der Waals surface area (Å²) in [6.45, 7) is 14.2. The summed E-state index contributed by atoms with van der Waals surface area (Å²) in [5, 5.41) is 0. The third-order valence-corrected chi connectivity index (χ3v) is 1.14.